The Labute approximate surface area is 157 Å². The summed E-state index contributed by atoms with van der Waals surface area (Å²) in [6.07, 6.45) is 1.54. The highest BCUT2D eigenvalue weighted by molar-refractivity contribution is 6.13. The van der Waals surface area contributed by atoms with E-state index >= 15 is 0 Å². The highest BCUT2D eigenvalue weighted by Crippen LogP contribution is 2.35. The molecule has 0 aromatic heterocycles. The predicted octanol–water partition coefficient (Wildman–Crippen LogP) is 3.30. The van der Waals surface area contributed by atoms with Crippen LogP contribution in [0.2, 0.25) is 0 Å². The lowest BCUT2D eigenvalue weighted by Crippen LogP contribution is -2.08. The number of allylic oxidation sites excluding steroid dienone is 1. The van der Waals surface area contributed by atoms with E-state index in [-0.39, 0.29) is 22.8 Å². The molecule has 0 atom stereocenters. The van der Waals surface area contributed by atoms with Crippen molar-refractivity contribution < 1.29 is 33.6 Å². The van der Waals surface area contributed by atoms with Crippen molar-refractivity contribution in [1.29, 1.82) is 0 Å². The summed E-state index contributed by atoms with van der Waals surface area (Å²) in [4.78, 5) is 12.9. The number of ether oxygens (including phenoxy) is 5. The zero-order valence-electron chi connectivity index (χ0n) is 15.9. The van der Waals surface area contributed by atoms with Crippen molar-refractivity contribution in [3.05, 3.63) is 47.2 Å². The number of hydrogen-bond acceptors (Lipinski definition) is 7. The van der Waals surface area contributed by atoms with Gasteiger partial charge in [-0.1, -0.05) is 6.07 Å². The lowest BCUT2D eigenvalue weighted by Gasteiger charge is -2.13. The third-order valence-electron chi connectivity index (χ3n) is 3.89. The van der Waals surface area contributed by atoms with Crippen molar-refractivity contribution in [1.82, 2.24) is 0 Å². The molecule has 0 heterocycles. The van der Waals surface area contributed by atoms with Crippen LogP contribution in [0.25, 0.3) is 6.08 Å². The van der Waals surface area contributed by atoms with Gasteiger partial charge in [-0.15, -0.1) is 0 Å². The fourth-order valence-electron chi connectivity index (χ4n) is 2.52. The second-order valence-electron chi connectivity index (χ2n) is 5.38. The minimum Gasteiger partial charge on any atom is -0.507 e. The molecule has 7 heteroatoms. The van der Waals surface area contributed by atoms with Gasteiger partial charge in [-0.25, -0.2) is 0 Å². The van der Waals surface area contributed by atoms with Crippen LogP contribution in [0.15, 0.2) is 36.1 Å². The van der Waals surface area contributed by atoms with Crippen LogP contribution < -0.4 is 18.9 Å². The first-order chi connectivity index (χ1) is 13.0. The maximum atomic E-state index is 12.9. The third-order valence-corrected chi connectivity index (χ3v) is 3.89. The number of ketones is 1. The Morgan fingerprint density at radius 3 is 2.07 bits per heavy atom. The van der Waals surface area contributed by atoms with Crippen molar-refractivity contribution in [2.45, 2.75) is 0 Å². The van der Waals surface area contributed by atoms with E-state index in [2.05, 4.69) is 0 Å². The van der Waals surface area contributed by atoms with E-state index in [4.69, 9.17) is 23.7 Å². The molecule has 2 aromatic carbocycles. The van der Waals surface area contributed by atoms with Crippen LogP contribution in [-0.4, -0.2) is 46.4 Å². The number of methoxy groups -OCH3 is 5. The summed E-state index contributed by atoms with van der Waals surface area (Å²) in [5.74, 6) is 0.820. The number of benzene rings is 2. The highest BCUT2D eigenvalue weighted by Gasteiger charge is 2.23. The molecule has 2 rings (SSSR count). The van der Waals surface area contributed by atoms with E-state index in [1.165, 1.54) is 53.8 Å². The maximum Gasteiger partial charge on any atom is 0.235 e. The van der Waals surface area contributed by atoms with E-state index < -0.39 is 5.78 Å². The summed E-state index contributed by atoms with van der Waals surface area (Å²) in [6.45, 7) is 0. The molecule has 2 aromatic rings. The van der Waals surface area contributed by atoms with Crippen LogP contribution in [0.4, 0.5) is 0 Å². The first kappa shape index (κ1) is 20.0. The topological polar surface area (TPSA) is 83.5 Å². The second kappa shape index (κ2) is 8.84. The summed E-state index contributed by atoms with van der Waals surface area (Å²) in [6, 6.07) is 8.01. The molecule has 1 N–H and O–H groups in total. The Bertz CT molecular complexity index is 856. The summed E-state index contributed by atoms with van der Waals surface area (Å²) in [5.41, 5.74) is 0.636. The van der Waals surface area contributed by atoms with E-state index in [1.807, 2.05) is 0 Å². The maximum absolute atomic E-state index is 12.9. The van der Waals surface area contributed by atoms with Gasteiger partial charge in [0.05, 0.1) is 35.5 Å². The summed E-state index contributed by atoms with van der Waals surface area (Å²) in [5, 5.41) is 10.3. The van der Waals surface area contributed by atoms with Crippen LogP contribution in [0.5, 0.6) is 28.7 Å². The van der Waals surface area contributed by atoms with Crippen LogP contribution in [0, 0.1) is 0 Å². The minimum atomic E-state index is -0.538. The number of Topliss-reactive ketones (excluding diaryl/α,β-unsaturated/α-hetero) is 1. The fraction of sp³-hybridized carbons (Fsp3) is 0.250. The molecule has 0 saturated carbocycles. The van der Waals surface area contributed by atoms with E-state index in [0.29, 0.717) is 22.8 Å². The lowest BCUT2D eigenvalue weighted by atomic mass is 10.0. The lowest BCUT2D eigenvalue weighted by molar-refractivity contribution is 0.0951. The first-order valence-corrected chi connectivity index (χ1v) is 7.96. The van der Waals surface area contributed by atoms with Crippen molar-refractivity contribution in [3.8, 4) is 28.7 Å². The normalized spacial score (nSPS) is 10.9. The molecule has 0 spiro atoms. The van der Waals surface area contributed by atoms with Crippen LogP contribution >= 0.6 is 0 Å². The van der Waals surface area contributed by atoms with Gasteiger partial charge in [-0.3, -0.25) is 4.79 Å². The van der Waals surface area contributed by atoms with Gasteiger partial charge in [0.15, 0.2) is 17.3 Å². The van der Waals surface area contributed by atoms with Crippen LogP contribution in [0.1, 0.15) is 15.9 Å². The number of carbonyl (C=O) groups excluding carboxylic acids is 1. The molecule has 27 heavy (non-hydrogen) atoms. The Hall–Kier alpha value is -3.35. The van der Waals surface area contributed by atoms with Crippen LogP contribution in [0.3, 0.4) is 0 Å². The van der Waals surface area contributed by atoms with Crippen molar-refractivity contribution >= 4 is 11.9 Å². The van der Waals surface area contributed by atoms with Gasteiger partial charge < -0.3 is 28.8 Å². The third kappa shape index (κ3) is 4.25. The number of aromatic hydroxyl groups is 1. The van der Waals surface area contributed by atoms with Crippen molar-refractivity contribution in [2.75, 3.05) is 35.5 Å². The van der Waals surface area contributed by atoms with E-state index in [1.54, 1.807) is 18.2 Å². The molecule has 0 bridgehead atoms. The molecule has 0 aliphatic heterocycles. The van der Waals surface area contributed by atoms with Gasteiger partial charge in [0.2, 0.25) is 5.78 Å². The number of phenols is 1. The van der Waals surface area contributed by atoms with E-state index in [9.17, 15) is 9.90 Å². The SMILES string of the molecule is CO/C(=C\c1ccc(OC)c(OC)c1)C(=O)c1c(O)cc(OC)cc1OC. The molecular weight excluding hydrogens is 352 g/mol. The number of rotatable bonds is 8. The average Bonchev–Trinajstić information content (AvgIpc) is 2.70. The quantitative estimate of drug-likeness (QED) is 0.431. The Kier molecular flexibility index (Phi) is 6.54. The summed E-state index contributed by atoms with van der Waals surface area (Å²) >= 11 is 0. The first-order valence-electron chi connectivity index (χ1n) is 7.96. The molecule has 0 aliphatic rings. The zero-order valence-corrected chi connectivity index (χ0v) is 15.9. The monoisotopic (exact) mass is 374 g/mol. The molecule has 0 aliphatic carbocycles. The molecule has 0 fully saturated rings. The van der Waals surface area contributed by atoms with Gasteiger partial charge in [-0.05, 0) is 23.8 Å². The summed E-state index contributed by atoms with van der Waals surface area (Å²) in [7, 11) is 7.28. The van der Waals surface area contributed by atoms with Gasteiger partial charge in [-0.2, -0.15) is 0 Å². The second-order valence-corrected chi connectivity index (χ2v) is 5.38. The number of hydrogen-bond donors (Lipinski definition) is 1. The van der Waals surface area contributed by atoms with Gasteiger partial charge in [0.25, 0.3) is 0 Å². The molecule has 0 radical (unpaired) electrons. The number of phenolic OH excluding ortho intramolecular Hbond substituents is 1. The zero-order chi connectivity index (χ0) is 20.0. The molecule has 0 unspecified atom stereocenters. The van der Waals surface area contributed by atoms with E-state index in [0.717, 1.165) is 0 Å². The van der Waals surface area contributed by atoms with Gasteiger partial charge >= 0.3 is 0 Å². The average molecular weight is 374 g/mol. The number of carbonyl (C=O) groups is 1. The molecule has 144 valence electrons. The predicted molar refractivity (Wildman–Crippen MR) is 100 cm³/mol. The minimum absolute atomic E-state index is 0.0148. The Morgan fingerprint density at radius 2 is 1.52 bits per heavy atom. The molecule has 0 saturated heterocycles. The molecular formula is C20H22O7. The standard InChI is InChI=1S/C20H22O7/c1-23-13-10-14(21)19(17(11-13)26-4)20(22)18(27-5)9-12-6-7-15(24-2)16(8-12)25-3/h6-11,21H,1-5H3/b18-9-. The van der Waals surface area contributed by atoms with Crippen LogP contribution in [-0.2, 0) is 4.74 Å². The highest BCUT2D eigenvalue weighted by atomic mass is 16.5. The Balaban J connectivity index is 2.49. The Morgan fingerprint density at radius 1 is 0.852 bits per heavy atom. The van der Waals surface area contributed by atoms with Crippen molar-refractivity contribution in [3.63, 3.8) is 0 Å². The largest absolute Gasteiger partial charge is 0.507 e. The molecule has 0 amide bonds. The van der Waals surface area contributed by atoms with Crippen molar-refractivity contribution in [2.24, 2.45) is 0 Å². The smallest absolute Gasteiger partial charge is 0.235 e. The van der Waals surface area contributed by atoms with Gasteiger partial charge in [0, 0.05) is 12.1 Å². The molecule has 7 nitrogen and oxygen atoms in total. The summed E-state index contributed by atoms with van der Waals surface area (Å²) < 4.78 is 26.0. The fourth-order valence-corrected chi connectivity index (χ4v) is 2.52. The van der Waals surface area contributed by atoms with Gasteiger partial charge in [0.1, 0.15) is 22.8 Å².